The van der Waals surface area contributed by atoms with Gasteiger partial charge in [-0.25, -0.2) is 0 Å². The van der Waals surface area contributed by atoms with Crippen molar-refractivity contribution in [1.82, 2.24) is 5.32 Å². The first-order chi connectivity index (χ1) is 7.95. The van der Waals surface area contributed by atoms with E-state index in [4.69, 9.17) is 23.2 Å². The summed E-state index contributed by atoms with van der Waals surface area (Å²) in [4.78, 5) is 11.7. The van der Waals surface area contributed by atoms with Gasteiger partial charge in [0.2, 0.25) is 5.91 Å². The lowest BCUT2D eigenvalue weighted by atomic mass is 9.94. The van der Waals surface area contributed by atoms with Crippen LogP contribution in [0, 0.1) is 0 Å². The van der Waals surface area contributed by atoms with Crippen LogP contribution < -0.4 is 5.32 Å². The smallest absolute Gasteiger partial charge is 0.220 e. The maximum absolute atomic E-state index is 11.7. The van der Waals surface area contributed by atoms with Gasteiger partial charge in [0.25, 0.3) is 0 Å². The normalized spacial score (nSPS) is 11.3. The van der Waals surface area contributed by atoms with Gasteiger partial charge in [-0.05, 0) is 38.0 Å². The van der Waals surface area contributed by atoms with E-state index in [0.717, 1.165) is 5.56 Å². The highest BCUT2D eigenvalue weighted by Crippen LogP contribution is 2.22. The van der Waals surface area contributed by atoms with Crippen molar-refractivity contribution in [2.24, 2.45) is 0 Å². The number of hydrogen-bond acceptors (Lipinski definition) is 1. The molecule has 0 aliphatic carbocycles. The van der Waals surface area contributed by atoms with E-state index in [-0.39, 0.29) is 5.91 Å². The Balaban J connectivity index is 2.67. The van der Waals surface area contributed by atoms with E-state index in [2.05, 4.69) is 5.32 Å². The summed E-state index contributed by atoms with van der Waals surface area (Å²) >= 11 is 11.4. The molecule has 1 N–H and O–H groups in total. The zero-order valence-corrected chi connectivity index (χ0v) is 11.6. The molecule has 0 unspecified atom stereocenters. The van der Waals surface area contributed by atoms with E-state index in [1.165, 1.54) is 0 Å². The zero-order valence-electron chi connectivity index (χ0n) is 10.1. The summed E-state index contributed by atoms with van der Waals surface area (Å²) in [6, 6.07) is 7.49. The Morgan fingerprint density at radius 2 is 1.88 bits per heavy atom. The van der Waals surface area contributed by atoms with Gasteiger partial charge in [0.05, 0.1) is 5.54 Å². The van der Waals surface area contributed by atoms with E-state index in [1.54, 1.807) is 0 Å². The molecule has 0 aliphatic heterocycles. The van der Waals surface area contributed by atoms with Crippen LogP contribution in [-0.4, -0.2) is 11.8 Å². The Morgan fingerprint density at radius 1 is 1.29 bits per heavy atom. The molecular weight excluding hydrogens is 257 g/mol. The minimum absolute atomic E-state index is 0.0191. The molecule has 1 aromatic carbocycles. The molecule has 0 heterocycles. The monoisotopic (exact) mass is 273 g/mol. The van der Waals surface area contributed by atoms with Gasteiger partial charge >= 0.3 is 0 Å². The summed E-state index contributed by atoms with van der Waals surface area (Å²) in [7, 11) is 0. The Morgan fingerprint density at radius 3 is 2.41 bits per heavy atom. The first-order valence-electron chi connectivity index (χ1n) is 5.59. The van der Waals surface area contributed by atoms with Crippen LogP contribution in [-0.2, 0) is 10.3 Å². The molecule has 0 saturated heterocycles. The lowest BCUT2D eigenvalue weighted by Gasteiger charge is -2.27. The molecule has 0 radical (unpaired) electrons. The fraction of sp³-hybridized carbons (Fsp3) is 0.462. The Hall–Kier alpha value is -0.730. The third-order valence-corrected chi connectivity index (χ3v) is 3.07. The van der Waals surface area contributed by atoms with E-state index >= 15 is 0 Å². The molecule has 0 spiro atoms. The maximum Gasteiger partial charge on any atom is 0.220 e. The molecule has 17 heavy (non-hydrogen) atoms. The van der Waals surface area contributed by atoms with Crippen LogP contribution in [0.3, 0.4) is 0 Å². The van der Waals surface area contributed by atoms with Crippen LogP contribution >= 0.6 is 23.2 Å². The molecule has 0 atom stereocenters. The number of halogens is 2. The van der Waals surface area contributed by atoms with Crippen molar-refractivity contribution in [1.29, 1.82) is 0 Å². The summed E-state index contributed by atoms with van der Waals surface area (Å²) in [6.45, 7) is 3.93. The average Bonchev–Trinajstić information content (AvgIpc) is 2.26. The molecule has 0 aliphatic rings. The first-order valence-corrected chi connectivity index (χ1v) is 6.50. The number of carbonyl (C=O) groups is 1. The van der Waals surface area contributed by atoms with E-state index in [9.17, 15) is 4.79 Å². The fourth-order valence-electron chi connectivity index (χ4n) is 1.58. The standard InChI is InChI=1S/C13H17Cl2NO/c1-13(2,16-12(17)4-3-9-14)10-5-7-11(15)8-6-10/h5-8H,3-4,9H2,1-2H3,(H,16,17). The molecule has 94 valence electrons. The van der Waals surface area contributed by atoms with Gasteiger partial charge in [0.15, 0.2) is 0 Å². The molecule has 1 amide bonds. The maximum atomic E-state index is 11.7. The minimum Gasteiger partial charge on any atom is -0.347 e. The summed E-state index contributed by atoms with van der Waals surface area (Å²) in [5, 5.41) is 3.68. The second kappa shape index (κ2) is 6.27. The lowest BCUT2D eigenvalue weighted by molar-refractivity contribution is -0.122. The highest BCUT2D eigenvalue weighted by atomic mass is 35.5. The summed E-state index contributed by atoms with van der Waals surface area (Å²) in [5.41, 5.74) is 0.634. The van der Waals surface area contributed by atoms with Crippen LogP contribution in [0.25, 0.3) is 0 Å². The minimum atomic E-state index is -0.395. The summed E-state index contributed by atoms with van der Waals surface area (Å²) in [5.74, 6) is 0.528. The topological polar surface area (TPSA) is 29.1 Å². The van der Waals surface area contributed by atoms with E-state index in [0.29, 0.717) is 23.7 Å². The second-order valence-corrected chi connectivity index (χ2v) is 5.29. The highest BCUT2D eigenvalue weighted by molar-refractivity contribution is 6.30. The Bertz CT molecular complexity index is 374. The largest absolute Gasteiger partial charge is 0.347 e. The number of benzene rings is 1. The predicted molar refractivity (Wildman–Crippen MR) is 72.6 cm³/mol. The van der Waals surface area contributed by atoms with Crippen molar-refractivity contribution in [3.8, 4) is 0 Å². The van der Waals surface area contributed by atoms with Gasteiger partial charge in [-0.2, -0.15) is 0 Å². The predicted octanol–water partition coefficient (Wildman–Crippen LogP) is 3.71. The molecule has 4 heteroatoms. The number of amides is 1. The van der Waals surface area contributed by atoms with Crippen LogP contribution in [0.15, 0.2) is 24.3 Å². The van der Waals surface area contributed by atoms with Gasteiger partial charge in [0, 0.05) is 17.3 Å². The van der Waals surface area contributed by atoms with Gasteiger partial charge in [-0.15, -0.1) is 11.6 Å². The lowest BCUT2D eigenvalue weighted by Crippen LogP contribution is -2.40. The van der Waals surface area contributed by atoms with Crippen molar-refractivity contribution in [3.05, 3.63) is 34.9 Å². The van der Waals surface area contributed by atoms with E-state index in [1.807, 2.05) is 38.1 Å². The van der Waals surface area contributed by atoms with Crippen LogP contribution in [0.2, 0.25) is 5.02 Å². The molecule has 0 aromatic heterocycles. The third kappa shape index (κ3) is 4.57. The van der Waals surface area contributed by atoms with Gasteiger partial charge in [-0.3, -0.25) is 4.79 Å². The van der Waals surface area contributed by atoms with Gasteiger partial charge < -0.3 is 5.32 Å². The molecule has 0 saturated carbocycles. The van der Waals surface area contributed by atoms with Gasteiger partial charge in [-0.1, -0.05) is 23.7 Å². The number of alkyl halides is 1. The van der Waals surface area contributed by atoms with Crippen molar-refractivity contribution in [2.45, 2.75) is 32.2 Å². The third-order valence-electron chi connectivity index (χ3n) is 2.56. The first kappa shape index (κ1) is 14.3. The number of nitrogens with one attached hydrogen (secondary N) is 1. The quantitative estimate of drug-likeness (QED) is 0.815. The van der Waals surface area contributed by atoms with Crippen LogP contribution in [0.5, 0.6) is 0 Å². The highest BCUT2D eigenvalue weighted by Gasteiger charge is 2.22. The average molecular weight is 274 g/mol. The van der Waals surface area contributed by atoms with Crippen molar-refractivity contribution >= 4 is 29.1 Å². The van der Waals surface area contributed by atoms with Crippen LogP contribution in [0.4, 0.5) is 0 Å². The molecular formula is C13H17Cl2NO. The number of hydrogen-bond donors (Lipinski definition) is 1. The van der Waals surface area contributed by atoms with Crippen LogP contribution in [0.1, 0.15) is 32.3 Å². The van der Waals surface area contributed by atoms with Crippen molar-refractivity contribution in [2.75, 3.05) is 5.88 Å². The Kier molecular flexibility index (Phi) is 5.29. The molecule has 1 rings (SSSR count). The number of rotatable bonds is 5. The number of carbonyl (C=O) groups excluding carboxylic acids is 1. The second-order valence-electron chi connectivity index (χ2n) is 4.47. The van der Waals surface area contributed by atoms with Crippen molar-refractivity contribution in [3.63, 3.8) is 0 Å². The van der Waals surface area contributed by atoms with E-state index < -0.39 is 5.54 Å². The Labute approximate surface area is 112 Å². The summed E-state index contributed by atoms with van der Waals surface area (Å²) in [6.07, 6.45) is 1.16. The molecule has 0 fully saturated rings. The SMILES string of the molecule is CC(C)(NC(=O)CCCCl)c1ccc(Cl)cc1. The molecule has 2 nitrogen and oxygen atoms in total. The molecule has 1 aromatic rings. The summed E-state index contributed by atoms with van der Waals surface area (Å²) < 4.78 is 0. The zero-order chi connectivity index (χ0) is 12.9. The van der Waals surface area contributed by atoms with Gasteiger partial charge in [0.1, 0.15) is 0 Å². The van der Waals surface area contributed by atoms with Crippen molar-refractivity contribution < 1.29 is 4.79 Å². The fourth-order valence-corrected chi connectivity index (χ4v) is 1.84. The molecule has 0 bridgehead atoms.